The Bertz CT molecular complexity index is 1470. The molecule has 1 aliphatic rings. The maximum atomic E-state index is 10.9. The summed E-state index contributed by atoms with van der Waals surface area (Å²) in [6, 6.07) is 14.7. The molecule has 3 heterocycles. The van der Waals surface area contributed by atoms with Gasteiger partial charge in [-0.25, -0.2) is 14.8 Å². The predicted octanol–water partition coefficient (Wildman–Crippen LogP) is 4.94. The highest BCUT2D eigenvalue weighted by Gasteiger charge is 2.15. The van der Waals surface area contributed by atoms with Crippen molar-refractivity contribution in [3.05, 3.63) is 77.8 Å². The molecule has 0 bridgehead atoms. The number of carbonyl (C=O) groups excluding carboxylic acids is 1. The van der Waals surface area contributed by atoms with Crippen LogP contribution in [0.1, 0.15) is 28.0 Å². The van der Waals surface area contributed by atoms with Crippen LogP contribution in [0.15, 0.2) is 65.8 Å². The van der Waals surface area contributed by atoms with Crippen LogP contribution < -0.4 is 11.1 Å². The van der Waals surface area contributed by atoms with Crippen molar-refractivity contribution in [1.82, 2.24) is 19.9 Å². The van der Waals surface area contributed by atoms with Gasteiger partial charge in [0.05, 0.1) is 10.9 Å². The molecule has 0 radical (unpaired) electrons. The number of benzene rings is 2. The number of anilines is 3. The number of H-pyrrole nitrogens is 1. The summed E-state index contributed by atoms with van der Waals surface area (Å²) in [5, 5.41) is 12.8. The molecular formula is C27H28N6O3S. The van der Waals surface area contributed by atoms with Gasteiger partial charge in [-0.05, 0) is 61.6 Å². The fourth-order valence-corrected chi connectivity index (χ4v) is 4.49. The Morgan fingerprint density at radius 1 is 1.22 bits per heavy atom. The van der Waals surface area contributed by atoms with E-state index in [-0.39, 0.29) is 0 Å². The first-order valence-electron chi connectivity index (χ1n) is 11.6. The van der Waals surface area contributed by atoms with Crippen molar-refractivity contribution in [3.63, 3.8) is 0 Å². The van der Waals surface area contributed by atoms with Gasteiger partial charge in [0.25, 0.3) is 0 Å². The van der Waals surface area contributed by atoms with Crippen molar-refractivity contribution in [3.8, 4) is 0 Å². The van der Waals surface area contributed by atoms with Crippen LogP contribution in [0.5, 0.6) is 0 Å². The number of carbonyl (C=O) groups is 2. The number of carboxylic acids is 1. The van der Waals surface area contributed by atoms with Crippen molar-refractivity contribution in [2.45, 2.75) is 18.2 Å². The summed E-state index contributed by atoms with van der Waals surface area (Å²) in [7, 11) is 0. The number of hydrogen-bond acceptors (Lipinski definition) is 7. The maximum absolute atomic E-state index is 10.9. The summed E-state index contributed by atoms with van der Waals surface area (Å²) in [6.07, 6.45) is 7.33. The topological polar surface area (TPSA) is 137 Å². The quantitative estimate of drug-likeness (QED) is 0.161. The van der Waals surface area contributed by atoms with E-state index in [2.05, 4.69) is 32.4 Å². The lowest BCUT2D eigenvalue weighted by Crippen LogP contribution is -2.26. The smallest absolute Gasteiger partial charge is 0.335 e. The van der Waals surface area contributed by atoms with Crippen LogP contribution in [0.3, 0.4) is 0 Å². The van der Waals surface area contributed by atoms with E-state index in [0.29, 0.717) is 12.1 Å². The number of aromatic carboxylic acids is 1. The Morgan fingerprint density at radius 2 is 2.05 bits per heavy atom. The lowest BCUT2D eigenvalue weighted by Gasteiger charge is -2.21. The number of aromatic amines is 1. The van der Waals surface area contributed by atoms with Gasteiger partial charge in [0.2, 0.25) is 6.41 Å². The third kappa shape index (κ3) is 6.28. The van der Waals surface area contributed by atoms with Gasteiger partial charge in [-0.3, -0.25) is 4.79 Å². The molecule has 4 aromatic rings. The zero-order valence-corrected chi connectivity index (χ0v) is 21.4. The van der Waals surface area contributed by atoms with E-state index in [1.165, 1.54) is 5.57 Å². The molecule has 0 atom stereocenters. The molecule has 190 valence electrons. The molecule has 5 N–H and O–H groups in total. The number of aryl methyl sites for hydroxylation is 1. The Morgan fingerprint density at radius 3 is 2.70 bits per heavy atom. The Kier molecular flexibility index (Phi) is 8.09. The third-order valence-corrected chi connectivity index (χ3v) is 6.72. The number of nitrogens with two attached hydrogens (primary N) is 1. The summed E-state index contributed by atoms with van der Waals surface area (Å²) in [6.45, 7) is 3.23. The largest absolute Gasteiger partial charge is 0.478 e. The molecule has 1 aliphatic heterocycles. The highest BCUT2D eigenvalue weighted by Crippen LogP contribution is 2.31. The first-order chi connectivity index (χ1) is 17.9. The van der Waals surface area contributed by atoms with Crippen LogP contribution >= 0.6 is 11.8 Å². The Balaban J connectivity index is 0.000000270. The van der Waals surface area contributed by atoms with Crippen LogP contribution in [0.2, 0.25) is 0 Å². The van der Waals surface area contributed by atoms with Gasteiger partial charge in [0.1, 0.15) is 17.8 Å². The molecule has 0 saturated heterocycles. The fourth-order valence-electron chi connectivity index (χ4n) is 3.94. The number of fused-ring (bicyclic) bond motifs is 1. The second-order valence-electron chi connectivity index (χ2n) is 8.50. The van der Waals surface area contributed by atoms with Crippen molar-refractivity contribution in [2.24, 2.45) is 0 Å². The first kappa shape index (κ1) is 25.8. The highest BCUT2D eigenvalue weighted by atomic mass is 32.2. The van der Waals surface area contributed by atoms with E-state index in [9.17, 15) is 9.59 Å². The summed E-state index contributed by atoms with van der Waals surface area (Å²) in [4.78, 5) is 36.1. The molecule has 0 fully saturated rings. The number of amides is 1. The van der Waals surface area contributed by atoms with Crippen LogP contribution in [0.25, 0.3) is 16.6 Å². The number of carboxylic acid groups (broad SMARTS) is 1. The van der Waals surface area contributed by atoms with Gasteiger partial charge >= 0.3 is 5.97 Å². The zero-order chi connectivity index (χ0) is 26.4. The Hall–Kier alpha value is -4.31. The van der Waals surface area contributed by atoms with E-state index >= 15 is 0 Å². The van der Waals surface area contributed by atoms with Crippen molar-refractivity contribution >= 4 is 57.9 Å². The number of nitrogen functional groups attached to an aromatic ring is 1. The number of thioether (sulfide) groups is 1. The molecule has 10 heteroatoms. The second-order valence-corrected chi connectivity index (χ2v) is 9.35. The minimum atomic E-state index is -0.872. The molecular weight excluding hydrogens is 488 g/mol. The minimum absolute atomic E-state index is 0.347. The van der Waals surface area contributed by atoms with Crippen molar-refractivity contribution in [2.75, 3.05) is 30.4 Å². The Labute approximate surface area is 218 Å². The number of nitrogens with one attached hydrogen (secondary N) is 2. The summed E-state index contributed by atoms with van der Waals surface area (Å²) < 4.78 is 0. The molecule has 5 rings (SSSR count). The van der Waals surface area contributed by atoms with Crippen LogP contribution in [0, 0.1) is 6.92 Å². The van der Waals surface area contributed by atoms with Crippen LogP contribution in [0.4, 0.5) is 17.2 Å². The number of aromatic nitrogens is 3. The molecule has 0 saturated carbocycles. The first-order valence-corrected chi connectivity index (χ1v) is 12.8. The van der Waals surface area contributed by atoms with Gasteiger partial charge < -0.3 is 26.0 Å². The summed E-state index contributed by atoms with van der Waals surface area (Å²) >= 11 is 1.61. The highest BCUT2D eigenvalue weighted by molar-refractivity contribution is 7.98. The minimum Gasteiger partial charge on any atom is -0.478 e. The van der Waals surface area contributed by atoms with E-state index in [1.54, 1.807) is 41.2 Å². The second kappa shape index (κ2) is 11.6. The van der Waals surface area contributed by atoms with E-state index in [1.807, 2.05) is 37.4 Å². The van der Waals surface area contributed by atoms with E-state index in [4.69, 9.17) is 10.8 Å². The van der Waals surface area contributed by atoms with Crippen LogP contribution in [-0.4, -0.2) is 56.7 Å². The normalized spacial score (nSPS) is 12.9. The van der Waals surface area contributed by atoms with Crippen molar-refractivity contribution < 1.29 is 14.7 Å². The maximum Gasteiger partial charge on any atom is 0.335 e. The lowest BCUT2D eigenvalue weighted by atomic mass is 10.1. The molecule has 1 amide bonds. The molecule has 37 heavy (non-hydrogen) atoms. The molecule has 0 unspecified atom stereocenters. The fraction of sp³-hybridized carbons (Fsp3) is 0.185. The standard InChI is InChI=1S/C19H20N6OS.C8H8O2/c1-27-17-8-13(2-3-15(17)20)23-18-14-9-16(24-19(14)22-10-21-18)12-4-6-25(11-26)7-5-12;1-6-3-2-4-7(5-6)8(9)10/h2-4,8-11H,5-7,20H2,1H3,(H2,21,22,23,24);2-5H,1H3,(H,9,10). The van der Waals surface area contributed by atoms with Gasteiger partial charge in [-0.2, -0.15) is 0 Å². The molecule has 0 spiro atoms. The van der Waals surface area contributed by atoms with Gasteiger partial charge in [-0.15, -0.1) is 11.8 Å². The molecule has 2 aromatic heterocycles. The molecule has 9 nitrogen and oxygen atoms in total. The van der Waals surface area contributed by atoms with Crippen LogP contribution in [-0.2, 0) is 4.79 Å². The number of hydrogen-bond donors (Lipinski definition) is 4. The SMILES string of the molecule is CSc1cc(Nc2ncnc3[nH]c(C4=CCN(C=O)CC4)cc23)ccc1N.Cc1cccc(C(=O)O)c1. The number of nitrogens with zero attached hydrogens (tertiary/aromatic N) is 3. The zero-order valence-electron chi connectivity index (χ0n) is 20.6. The average Bonchev–Trinajstić information content (AvgIpc) is 3.36. The molecule has 2 aromatic carbocycles. The van der Waals surface area contributed by atoms with Gasteiger partial charge in [-0.1, -0.05) is 23.8 Å². The third-order valence-electron chi connectivity index (χ3n) is 5.92. The van der Waals surface area contributed by atoms with Crippen molar-refractivity contribution in [1.29, 1.82) is 0 Å². The van der Waals surface area contributed by atoms with E-state index < -0.39 is 5.97 Å². The number of rotatable bonds is 6. The molecule has 0 aliphatic carbocycles. The monoisotopic (exact) mass is 516 g/mol. The lowest BCUT2D eigenvalue weighted by molar-refractivity contribution is -0.117. The van der Waals surface area contributed by atoms with E-state index in [0.717, 1.165) is 63.8 Å². The summed E-state index contributed by atoms with van der Waals surface area (Å²) in [5.41, 5.74) is 12.0. The average molecular weight is 517 g/mol. The summed E-state index contributed by atoms with van der Waals surface area (Å²) in [5.74, 6) is -0.131. The van der Waals surface area contributed by atoms with Gasteiger partial charge in [0.15, 0.2) is 0 Å². The van der Waals surface area contributed by atoms with Gasteiger partial charge in [0, 0.05) is 35.1 Å². The predicted molar refractivity (Wildman–Crippen MR) is 148 cm³/mol.